The summed E-state index contributed by atoms with van der Waals surface area (Å²) in [7, 11) is 1.36. The lowest BCUT2D eigenvalue weighted by Crippen LogP contribution is -2.31. The van der Waals surface area contributed by atoms with Gasteiger partial charge in [0.25, 0.3) is 0 Å². The number of rotatable bonds is 4. The number of hydrogen-bond donors (Lipinski definition) is 1. The number of aliphatic carboxylic acids is 1. The predicted molar refractivity (Wildman–Crippen MR) is 53.4 cm³/mol. The van der Waals surface area contributed by atoms with Crippen LogP contribution < -0.4 is 0 Å². The molecular formula is C10H17NO4. The van der Waals surface area contributed by atoms with Crippen molar-refractivity contribution in [3.8, 4) is 0 Å². The Hall–Kier alpha value is -1.10. The van der Waals surface area contributed by atoms with E-state index in [2.05, 4.69) is 4.74 Å². The second-order valence-electron chi connectivity index (χ2n) is 4.01. The van der Waals surface area contributed by atoms with Crippen LogP contribution >= 0.6 is 0 Å². The Kier molecular flexibility index (Phi) is 4.08. The van der Waals surface area contributed by atoms with Gasteiger partial charge >= 0.3 is 11.9 Å². The Labute approximate surface area is 89.0 Å². The number of carbonyl (C=O) groups is 2. The fourth-order valence-electron chi connectivity index (χ4n) is 1.86. The van der Waals surface area contributed by atoms with Gasteiger partial charge in [0, 0.05) is 13.1 Å². The first-order chi connectivity index (χ1) is 7.04. The zero-order valence-electron chi connectivity index (χ0n) is 9.10. The molecule has 1 heterocycles. The Balaban J connectivity index is 2.36. The van der Waals surface area contributed by atoms with E-state index < -0.39 is 5.97 Å². The summed E-state index contributed by atoms with van der Waals surface area (Å²) in [4.78, 5) is 23.9. The lowest BCUT2D eigenvalue weighted by molar-refractivity contribution is -0.145. The highest BCUT2D eigenvalue weighted by Gasteiger charge is 2.29. The van der Waals surface area contributed by atoms with E-state index in [-0.39, 0.29) is 17.8 Å². The monoisotopic (exact) mass is 215 g/mol. The Morgan fingerprint density at radius 1 is 1.60 bits per heavy atom. The molecule has 0 spiro atoms. The summed E-state index contributed by atoms with van der Waals surface area (Å²) in [5, 5.41) is 8.80. The van der Waals surface area contributed by atoms with Crippen molar-refractivity contribution in [1.29, 1.82) is 0 Å². The van der Waals surface area contributed by atoms with Gasteiger partial charge < -0.3 is 14.7 Å². The second kappa shape index (κ2) is 5.11. The fraction of sp³-hybridized carbons (Fsp3) is 0.800. The van der Waals surface area contributed by atoms with Crippen LogP contribution in [-0.2, 0) is 14.3 Å². The summed E-state index contributed by atoms with van der Waals surface area (Å²) in [5.41, 5.74) is 0. The van der Waals surface area contributed by atoms with E-state index in [0.717, 1.165) is 6.54 Å². The van der Waals surface area contributed by atoms with E-state index in [9.17, 15) is 9.59 Å². The van der Waals surface area contributed by atoms with E-state index >= 15 is 0 Å². The van der Waals surface area contributed by atoms with E-state index in [1.165, 1.54) is 7.11 Å². The average molecular weight is 215 g/mol. The van der Waals surface area contributed by atoms with Crippen molar-refractivity contribution >= 4 is 11.9 Å². The van der Waals surface area contributed by atoms with Gasteiger partial charge in [-0.1, -0.05) is 6.92 Å². The first kappa shape index (κ1) is 12.0. The van der Waals surface area contributed by atoms with Crippen LogP contribution in [-0.4, -0.2) is 48.7 Å². The van der Waals surface area contributed by atoms with Gasteiger partial charge in [0.1, 0.15) is 0 Å². The summed E-state index contributed by atoms with van der Waals surface area (Å²) in [6.45, 7) is 3.66. The van der Waals surface area contributed by atoms with Crippen molar-refractivity contribution in [2.24, 2.45) is 11.8 Å². The summed E-state index contributed by atoms with van der Waals surface area (Å²) < 4.78 is 4.61. The Bertz CT molecular complexity index is 254. The molecule has 0 amide bonds. The Morgan fingerprint density at radius 3 is 2.73 bits per heavy atom. The molecular weight excluding hydrogens is 198 g/mol. The molecule has 0 radical (unpaired) electrons. The number of methoxy groups -OCH3 is 1. The maximum absolute atomic E-state index is 11.1. The molecule has 1 saturated heterocycles. The lowest BCUT2D eigenvalue weighted by Gasteiger charge is -2.18. The molecule has 5 heteroatoms. The van der Waals surface area contributed by atoms with Crippen LogP contribution in [0, 0.1) is 11.8 Å². The van der Waals surface area contributed by atoms with Gasteiger partial charge in [-0.05, 0) is 13.0 Å². The molecule has 0 saturated carbocycles. The third-order valence-corrected chi connectivity index (χ3v) is 2.76. The molecule has 1 fully saturated rings. The second-order valence-corrected chi connectivity index (χ2v) is 4.01. The van der Waals surface area contributed by atoms with Gasteiger partial charge in [-0.2, -0.15) is 0 Å². The summed E-state index contributed by atoms with van der Waals surface area (Å²) >= 11 is 0. The number of ether oxygens (including phenoxy) is 1. The lowest BCUT2D eigenvalue weighted by atomic mass is 10.1. The first-order valence-electron chi connectivity index (χ1n) is 5.07. The van der Waals surface area contributed by atoms with E-state index in [4.69, 9.17) is 5.11 Å². The van der Waals surface area contributed by atoms with Gasteiger partial charge in [0.2, 0.25) is 0 Å². The van der Waals surface area contributed by atoms with Crippen LogP contribution in [0.3, 0.4) is 0 Å². The van der Waals surface area contributed by atoms with Crippen molar-refractivity contribution < 1.29 is 19.4 Å². The molecule has 86 valence electrons. The predicted octanol–water partition coefficient (Wildman–Crippen LogP) is 0.202. The third kappa shape index (κ3) is 3.20. The normalized spacial score (nSPS) is 23.7. The van der Waals surface area contributed by atoms with E-state index in [1.807, 2.05) is 4.90 Å². The molecule has 15 heavy (non-hydrogen) atoms. The first-order valence-corrected chi connectivity index (χ1v) is 5.07. The third-order valence-electron chi connectivity index (χ3n) is 2.76. The van der Waals surface area contributed by atoms with Crippen LogP contribution in [0.15, 0.2) is 0 Å². The van der Waals surface area contributed by atoms with Crippen molar-refractivity contribution in [1.82, 2.24) is 4.90 Å². The molecule has 1 aliphatic rings. The minimum atomic E-state index is -0.747. The van der Waals surface area contributed by atoms with Crippen LogP contribution in [0.25, 0.3) is 0 Å². The maximum atomic E-state index is 11.1. The molecule has 1 aliphatic heterocycles. The van der Waals surface area contributed by atoms with Gasteiger partial charge in [-0.15, -0.1) is 0 Å². The van der Waals surface area contributed by atoms with Gasteiger partial charge in [-0.25, -0.2) is 0 Å². The quantitative estimate of drug-likeness (QED) is 0.679. The molecule has 0 unspecified atom stereocenters. The van der Waals surface area contributed by atoms with Crippen LogP contribution in [0.5, 0.6) is 0 Å². The highest BCUT2D eigenvalue weighted by atomic mass is 16.5. The molecule has 5 nitrogen and oxygen atoms in total. The molecule has 0 aromatic heterocycles. The number of carboxylic acid groups (broad SMARTS) is 1. The van der Waals surface area contributed by atoms with Crippen LogP contribution in [0.4, 0.5) is 0 Å². The zero-order valence-corrected chi connectivity index (χ0v) is 9.10. The minimum Gasteiger partial charge on any atom is -0.481 e. The highest BCUT2D eigenvalue weighted by molar-refractivity contribution is 5.72. The molecule has 1 rings (SSSR count). The number of esters is 1. The highest BCUT2D eigenvalue weighted by Crippen LogP contribution is 2.17. The zero-order chi connectivity index (χ0) is 11.4. The van der Waals surface area contributed by atoms with E-state index in [1.54, 1.807) is 6.92 Å². The van der Waals surface area contributed by atoms with Crippen molar-refractivity contribution in [3.05, 3.63) is 0 Å². The maximum Gasteiger partial charge on any atom is 0.309 e. The summed E-state index contributed by atoms with van der Waals surface area (Å²) in [6, 6.07) is 0. The van der Waals surface area contributed by atoms with E-state index in [0.29, 0.717) is 19.5 Å². The minimum absolute atomic E-state index is 0.192. The molecule has 0 aromatic carbocycles. The Morgan fingerprint density at radius 2 is 2.27 bits per heavy atom. The van der Waals surface area contributed by atoms with Crippen molar-refractivity contribution in [3.63, 3.8) is 0 Å². The summed E-state index contributed by atoms with van der Waals surface area (Å²) in [6.07, 6.45) is 0.670. The average Bonchev–Trinajstić information content (AvgIpc) is 2.65. The smallest absolute Gasteiger partial charge is 0.309 e. The number of carboxylic acids is 1. The van der Waals surface area contributed by atoms with Gasteiger partial charge in [-0.3, -0.25) is 9.59 Å². The molecule has 0 aliphatic carbocycles. The number of hydrogen-bond acceptors (Lipinski definition) is 4. The number of likely N-dealkylation sites (tertiary alicyclic amines) is 1. The molecule has 2 atom stereocenters. The van der Waals surface area contributed by atoms with Gasteiger partial charge in [0.05, 0.1) is 18.9 Å². The van der Waals surface area contributed by atoms with Crippen molar-refractivity contribution in [2.75, 3.05) is 26.7 Å². The largest absolute Gasteiger partial charge is 0.481 e. The SMILES string of the molecule is COC(=O)[C@@H](C)CN1CC[C@@H](C(=O)O)C1. The van der Waals surface area contributed by atoms with Crippen LogP contribution in [0.1, 0.15) is 13.3 Å². The molecule has 0 aromatic rings. The summed E-state index contributed by atoms with van der Waals surface area (Å²) in [5.74, 6) is -1.46. The topological polar surface area (TPSA) is 66.8 Å². The standard InChI is InChI=1S/C10H17NO4/c1-7(10(14)15-2)5-11-4-3-8(6-11)9(12)13/h7-8H,3-6H2,1-2H3,(H,12,13)/t7-,8+/m0/s1. The fourth-order valence-corrected chi connectivity index (χ4v) is 1.86. The van der Waals surface area contributed by atoms with Crippen molar-refractivity contribution in [2.45, 2.75) is 13.3 Å². The number of nitrogens with zero attached hydrogens (tertiary/aromatic N) is 1. The van der Waals surface area contributed by atoms with Gasteiger partial charge in [0.15, 0.2) is 0 Å². The molecule has 1 N–H and O–H groups in total. The number of carbonyl (C=O) groups excluding carboxylic acids is 1. The molecule has 0 bridgehead atoms. The van der Waals surface area contributed by atoms with Crippen LogP contribution in [0.2, 0.25) is 0 Å².